The molecule has 1 aliphatic rings. The van der Waals surface area contributed by atoms with Crippen LogP contribution >= 0.6 is 0 Å². The molecule has 1 heterocycles. The van der Waals surface area contributed by atoms with E-state index in [0.717, 1.165) is 32.2 Å². The highest BCUT2D eigenvalue weighted by Gasteiger charge is 2.47. The Balaban J connectivity index is 1.77. The van der Waals surface area contributed by atoms with Gasteiger partial charge >= 0.3 is 0 Å². The van der Waals surface area contributed by atoms with Crippen molar-refractivity contribution in [2.24, 2.45) is 17.1 Å². The van der Waals surface area contributed by atoms with Crippen LogP contribution in [0.2, 0.25) is 0 Å². The van der Waals surface area contributed by atoms with Gasteiger partial charge in [0.15, 0.2) is 0 Å². The second kappa shape index (κ2) is 8.49. The number of amides is 1. The minimum Gasteiger partial charge on any atom is -0.390 e. The summed E-state index contributed by atoms with van der Waals surface area (Å²) in [5.74, 6) is -0.0327. The summed E-state index contributed by atoms with van der Waals surface area (Å²) in [5, 5.41) is 9.77. The Morgan fingerprint density at radius 3 is 2.58 bits per heavy atom. The maximum Gasteiger partial charge on any atom is 0.226 e. The van der Waals surface area contributed by atoms with Crippen molar-refractivity contribution < 1.29 is 14.3 Å². The minimum atomic E-state index is -0.646. The smallest absolute Gasteiger partial charge is 0.226 e. The molecule has 1 atom stereocenters. The minimum absolute atomic E-state index is 0.271. The molecule has 0 aliphatic carbocycles. The zero-order valence-electron chi connectivity index (χ0n) is 16.3. The average Bonchev–Trinajstić information content (AvgIpc) is 2.49. The molecule has 4 nitrogen and oxygen atoms in total. The molecule has 26 heavy (non-hydrogen) atoms. The molecule has 1 saturated heterocycles. The number of rotatable bonds is 10. The van der Waals surface area contributed by atoms with Gasteiger partial charge in [-0.1, -0.05) is 38.0 Å². The number of hydrogen-bond acceptors (Lipinski definition) is 3. The Bertz CT molecular complexity index is 606. The zero-order valence-corrected chi connectivity index (χ0v) is 16.3. The van der Waals surface area contributed by atoms with Crippen LogP contribution in [0.1, 0.15) is 52.0 Å². The van der Waals surface area contributed by atoms with E-state index >= 15 is 0 Å². The van der Waals surface area contributed by atoms with Gasteiger partial charge in [-0.25, -0.2) is 4.39 Å². The van der Waals surface area contributed by atoms with Gasteiger partial charge in [0.05, 0.1) is 11.0 Å². The first-order valence-electron chi connectivity index (χ1n) is 9.59. The number of primary amides is 1. The molecule has 1 aromatic carbocycles. The molecule has 0 bridgehead atoms. The van der Waals surface area contributed by atoms with Gasteiger partial charge in [-0.05, 0) is 57.2 Å². The van der Waals surface area contributed by atoms with Crippen LogP contribution in [0.4, 0.5) is 4.39 Å². The number of nitrogens with two attached hydrogens (primary N) is 1. The van der Waals surface area contributed by atoms with Gasteiger partial charge in [-0.3, -0.25) is 4.79 Å². The molecule has 1 amide bonds. The van der Waals surface area contributed by atoms with Gasteiger partial charge in [0.1, 0.15) is 5.82 Å². The monoisotopic (exact) mass is 364 g/mol. The van der Waals surface area contributed by atoms with Crippen molar-refractivity contribution in [1.82, 2.24) is 4.90 Å². The highest BCUT2D eigenvalue weighted by molar-refractivity contribution is 5.83. The average molecular weight is 365 g/mol. The van der Waals surface area contributed by atoms with Crippen molar-refractivity contribution in [1.29, 1.82) is 0 Å². The lowest BCUT2D eigenvalue weighted by Gasteiger charge is -2.48. The molecule has 0 saturated carbocycles. The van der Waals surface area contributed by atoms with Crippen molar-refractivity contribution in [3.8, 4) is 0 Å². The summed E-state index contributed by atoms with van der Waals surface area (Å²) >= 11 is 0. The lowest BCUT2D eigenvalue weighted by molar-refractivity contribution is -0.138. The maximum atomic E-state index is 13.9. The first kappa shape index (κ1) is 20.8. The highest BCUT2D eigenvalue weighted by atomic mass is 19.1. The van der Waals surface area contributed by atoms with E-state index in [4.69, 9.17) is 5.73 Å². The zero-order chi connectivity index (χ0) is 19.4. The number of carbonyl (C=O) groups is 1. The van der Waals surface area contributed by atoms with E-state index in [1.807, 2.05) is 13.8 Å². The van der Waals surface area contributed by atoms with E-state index in [1.165, 1.54) is 6.07 Å². The molecule has 1 aliphatic heterocycles. The van der Waals surface area contributed by atoms with Gasteiger partial charge < -0.3 is 15.7 Å². The largest absolute Gasteiger partial charge is 0.390 e. The molecular weight excluding hydrogens is 331 g/mol. The summed E-state index contributed by atoms with van der Waals surface area (Å²) < 4.78 is 13.9. The molecular formula is C21H33FN2O2. The third kappa shape index (κ3) is 5.78. The second-order valence-electron chi connectivity index (χ2n) is 8.72. The molecule has 1 aromatic rings. The van der Waals surface area contributed by atoms with Crippen LogP contribution in [0.3, 0.4) is 0 Å². The Labute approximate surface area is 156 Å². The normalized spacial score (nSPS) is 18.3. The van der Waals surface area contributed by atoms with Crippen LogP contribution in [-0.4, -0.2) is 41.1 Å². The summed E-state index contributed by atoms with van der Waals surface area (Å²) in [6, 6.07) is 6.60. The molecule has 0 radical (unpaired) electrons. The number of benzene rings is 1. The van der Waals surface area contributed by atoms with E-state index in [1.54, 1.807) is 18.2 Å². The van der Waals surface area contributed by atoms with E-state index in [2.05, 4.69) is 11.8 Å². The van der Waals surface area contributed by atoms with Gasteiger partial charge in [0.25, 0.3) is 0 Å². The third-order valence-corrected chi connectivity index (χ3v) is 5.49. The number of hydrogen-bond donors (Lipinski definition) is 2. The molecule has 1 unspecified atom stereocenters. The topological polar surface area (TPSA) is 66.6 Å². The number of carbonyl (C=O) groups excluding carboxylic acids is 1. The van der Waals surface area contributed by atoms with Crippen LogP contribution in [-0.2, 0) is 11.2 Å². The number of aliphatic hydroxyl groups is 1. The molecule has 0 spiro atoms. The number of nitrogens with zero attached hydrogens (tertiary/aromatic N) is 1. The quantitative estimate of drug-likeness (QED) is 0.670. The van der Waals surface area contributed by atoms with Crippen LogP contribution in [0.15, 0.2) is 24.3 Å². The predicted molar refractivity (Wildman–Crippen MR) is 102 cm³/mol. The van der Waals surface area contributed by atoms with Gasteiger partial charge in [0, 0.05) is 13.1 Å². The summed E-state index contributed by atoms with van der Waals surface area (Å²) in [4.78, 5) is 14.2. The number of halogens is 1. The SMILES string of the molecule is CC(CCCC(C)(C)O)CCN1CC(Cc2ccccc2F)(C(N)=O)C1. The van der Waals surface area contributed by atoms with E-state index in [-0.39, 0.29) is 11.7 Å². The van der Waals surface area contributed by atoms with E-state index in [0.29, 0.717) is 31.0 Å². The lowest BCUT2D eigenvalue weighted by Crippen LogP contribution is -2.63. The van der Waals surface area contributed by atoms with Crippen LogP contribution in [0.25, 0.3) is 0 Å². The van der Waals surface area contributed by atoms with Gasteiger partial charge in [0.2, 0.25) is 5.91 Å². The van der Waals surface area contributed by atoms with Crippen LogP contribution in [0, 0.1) is 17.2 Å². The van der Waals surface area contributed by atoms with E-state index in [9.17, 15) is 14.3 Å². The fraction of sp³-hybridized carbons (Fsp3) is 0.667. The molecule has 2 rings (SSSR count). The predicted octanol–water partition coefficient (Wildman–Crippen LogP) is 3.12. The summed E-state index contributed by atoms with van der Waals surface area (Å²) in [5.41, 5.74) is 4.97. The van der Waals surface area contributed by atoms with Crippen molar-refractivity contribution >= 4 is 5.91 Å². The van der Waals surface area contributed by atoms with Crippen molar-refractivity contribution in [3.63, 3.8) is 0 Å². The van der Waals surface area contributed by atoms with Crippen molar-refractivity contribution in [2.75, 3.05) is 19.6 Å². The molecule has 146 valence electrons. The number of likely N-dealkylation sites (tertiary alicyclic amines) is 1. The van der Waals surface area contributed by atoms with Crippen LogP contribution in [0.5, 0.6) is 0 Å². The van der Waals surface area contributed by atoms with Gasteiger partial charge in [-0.15, -0.1) is 0 Å². The van der Waals surface area contributed by atoms with Gasteiger partial charge in [-0.2, -0.15) is 0 Å². The van der Waals surface area contributed by atoms with E-state index < -0.39 is 11.0 Å². The lowest BCUT2D eigenvalue weighted by atomic mass is 9.73. The molecule has 1 fully saturated rings. The summed E-state index contributed by atoms with van der Waals surface area (Å²) in [6.07, 6.45) is 4.35. The Kier molecular flexibility index (Phi) is 6.80. The Morgan fingerprint density at radius 2 is 2.00 bits per heavy atom. The van der Waals surface area contributed by atoms with Crippen molar-refractivity contribution in [3.05, 3.63) is 35.6 Å². The third-order valence-electron chi connectivity index (χ3n) is 5.49. The van der Waals surface area contributed by atoms with Crippen LogP contribution < -0.4 is 5.73 Å². The fourth-order valence-electron chi connectivity index (χ4n) is 3.76. The summed E-state index contributed by atoms with van der Waals surface area (Å²) in [7, 11) is 0. The molecule has 3 N–H and O–H groups in total. The maximum absolute atomic E-state index is 13.9. The highest BCUT2D eigenvalue weighted by Crippen LogP contribution is 2.35. The molecule has 0 aromatic heterocycles. The Hall–Kier alpha value is -1.46. The molecule has 5 heteroatoms. The standard InChI is InChI=1S/C21H33FN2O2/c1-16(7-6-11-20(2,3)26)10-12-24-14-21(15-24,19(23)25)13-17-8-4-5-9-18(17)22/h4-5,8-9,16,26H,6-7,10-15H2,1-3H3,(H2,23,25). The first-order chi connectivity index (χ1) is 12.1. The van der Waals surface area contributed by atoms with Crippen molar-refractivity contribution in [2.45, 2.75) is 58.5 Å². The second-order valence-corrected chi connectivity index (χ2v) is 8.72. The first-order valence-corrected chi connectivity index (χ1v) is 9.59. The fourth-order valence-corrected chi connectivity index (χ4v) is 3.76. The Morgan fingerprint density at radius 1 is 1.35 bits per heavy atom. The summed E-state index contributed by atoms with van der Waals surface area (Å²) in [6.45, 7) is 8.05.